The molecule has 1 saturated carbocycles. The van der Waals surface area contributed by atoms with E-state index < -0.39 is 10.0 Å². The lowest BCUT2D eigenvalue weighted by Crippen LogP contribution is -2.47. The highest BCUT2D eigenvalue weighted by molar-refractivity contribution is 9.09. The first kappa shape index (κ1) is 16.4. The first-order valence-electron chi connectivity index (χ1n) is 6.84. The van der Waals surface area contributed by atoms with Gasteiger partial charge >= 0.3 is 0 Å². The van der Waals surface area contributed by atoms with E-state index in [4.69, 9.17) is 0 Å². The number of sulfonamides is 1. The minimum atomic E-state index is -3.16. The van der Waals surface area contributed by atoms with Gasteiger partial charge in [0.15, 0.2) is 0 Å². The van der Waals surface area contributed by atoms with Crippen molar-refractivity contribution in [2.24, 2.45) is 5.41 Å². The predicted molar refractivity (Wildman–Crippen MR) is 80.6 cm³/mol. The number of nitrogens with one attached hydrogen (secondary N) is 1. The van der Waals surface area contributed by atoms with Crippen molar-refractivity contribution in [1.29, 1.82) is 0 Å². The number of hydrogen-bond acceptors (Lipinski definition) is 2. The lowest BCUT2D eigenvalue weighted by Gasteiger charge is -2.33. The van der Waals surface area contributed by atoms with E-state index >= 15 is 0 Å². The molecule has 18 heavy (non-hydrogen) atoms. The Morgan fingerprint density at radius 3 is 2.22 bits per heavy atom. The highest BCUT2D eigenvalue weighted by Crippen LogP contribution is 2.27. The summed E-state index contributed by atoms with van der Waals surface area (Å²) in [4.78, 5) is 0. The van der Waals surface area contributed by atoms with E-state index in [0.717, 1.165) is 37.4 Å². The molecule has 108 valence electrons. The molecule has 1 fully saturated rings. The van der Waals surface area contributed by atoms with E-state index in [1.807, 2.05) is 0 Å². The molecule has 0 aromatic carbocycles. The van der Waals surface area contributed by atoms with Gasteiger partial charge in [-0.05, 0) is 24.7 Å². The molecule has 1 unspecified atom stereocenters. The van der Waals surface area contributed by atoms with E-state index in [1.54, 1.807) is 0 Å². The Morgan fingerprint density at radius 1 is 1.22 bits per heavy atom. The first-order chi connectivity index (χ1) is 8.27. The molecular weight excluding hydrogens is 314 g/mol. The molecule has 0 aromatic heterocycles. The summed E-state index contributed by atoms with van der Waals surface area (Å²) in [5.41, 5.74) is -0.0461. The maximum absolute atomic E-state index is 12.4. The van der Waals surface area contributed by atoms with Crippen LogP contribution < -0.4 is 4.72 Å². The second-order valence-corrected chi connectivity index (χ2v) is 9.10. The van der Waals surface area contributed by atoms with Crippen molar-refractivity contribution < 1.29 is 8.42 Å². The van der Waals surface area contributed by atoms with Gasteiger partial charge in [-0.3, -0.25) is 0 Å². The molecule has 0 aromatic rings. The van der Waals surface area contributed by atoms with Crippen LogP contribution in [0.1, 0.15) is 59.3 Å². The second kappa shape index (κ2) is 6.71. The summed E-state index contributed by atoms with van der Waals surface area (Å²) >= 11 is 3.41. The van der Waals surface area contributed by atoms with Crippen molar-refractivity contribution in [3.05, 3.63) is 0 Å². The molecular formula is C13H26BrNO2S. The molecule has 1 aliphatic rings. The van der Waals surface area contributed by atoms with Gasteiger partial charge in [0.25, 0.3) is 0 Å². The van der Waals surface area contributed by atoms with Crippen LogP contribution in [0.5, 0.6) is 0 Å². The molecule has 0 aliphatic heterocycles. The first-order valence-corrected chi connectivity index (χ1v) is 9.51. The summed E-state index contributed by atoms with van der Waals surface area (Å²) in [7, 11) is -3.16. The van der Waals surface area contributed by atoms with Crippen LogP contribution in [0.15, 0.2) is 0 Å². The Kier molecular flexibility index (Phi) is 6.13. The minimum absolute atomic E-state index is 0.00352. The predicted octanol–water partition coefficient (Wildman–Crippen LogP) is 3.44. The molecule has 0 saturated heterocycles. The number of rotatable bonds is 5. The summed E-state index contributed by atoms with van der Waals surface area (Å²) < 4.78 is 27.7. The van der Waals surface area contributed by atoms with Crippen LogP contribution in [0.25, 0.3) is 0 Å². The molecule has 1 atom stereocenters. The van der Waals surface area contributed by atoms with E-state index in [2.05, 4.69) is 41.4 Å². The zero-order valence-electron chi connectivity index (χ0n) is 11.7. The van der Waals surface area contributed by atoms with Gasteiger partial charge in [-0.15, -0.1) is 0 Å². The van der Waals surface area contributed by atoms with Crippen molar-refractivity contribution in [3.8, 4) is 0 Å². The molecule has 0 radical (unpaired) electrons. The topological polar surface area (TPSA) is 46.2 Å². The molecule has 1 rings (SSSR count). The molecule has 0 heterocycles. The van der Waals surface area contributed by atoms with Gasteiger partial charge in [-0.1, -0.05) is 56.0 Å². The van der Waals surface area contributed by atoms with Crippen molar-refractivity contribution >= 4 is 26.0 Å². The third kappa shape index (κ3) is 4.82. The van der Waals surface area contributed by atoms with Crippen molar-refractivity contribution in [3.63, 3.8) is 0 Å². The van der Waals surface area contributed by atoms with Crippen LogP contribution in [0.4, 0.5) is 0 Å². The Hall–Kier alpha value is 0.390. The molecule has 5 heteroatoms. The average Bonchev–Trinajstić information content (AvgIpc) is 2.28. The smallest absolute Gasteiger partial charge is 0.212 e. The van der Waals surface area contributed by atoms with Crippen molar-refractivity contribution in [2.75, 3.05) is 5.33 Å². The lowest BCUT2D eigenvalue weighted by molar-refractivity contribution is 0.291. The standard InChI is InChI=1S/C13H26BrNO2S/c1-13(2,3)12(9-10-14)15-18(16,17)11-7-5-4-6-8-11/h11-12,15H,4-10H2,1-3H3. The Bertz CT molecular complexity index is 342. The van der Waals surface area contributed by atoms with Crippen LogP contribution >= 0.6 is 15.9 Å². The maximum atomic E-state index is 12.4. The number of alkyl halides is 1. The fourth-order valence-corrected chi connectivity index (χ4v) is 4.92. The van der Waals surface area contributed by atoms with Gasteiger partial charge in [0, 0.05) is 11.4 Å². The molecule has 1 N–H and O–H groups in total. The molecule has 0 spiro atoms. The average molecular weight is 340 g/mol. The van der Waals surface area contributed by atoms with E-state index in [-0.39, 0.29) is 16.7 Å². The highest BCUT2D eigenvalue weighted by Gasteiger charge is 2.33. The maximum Gasteiger partial charge on any atom is 0.214 e. The molecule has 0 amide bonds. The summed E-state index contributed by atoms with van der Waals surface area (Å²) in [6.07, 6.45) is 5.74. The van der Waals surface area contributed by atoms with E-state index in [0.29, 0.717) is 0 Å². The van der Waals surface area contributed by atoms with E-state index in [1.165, 1.54) is 6.42 Å². The van der Waals surface area contributed by atoms with Crippen molar-refractivity contribution in [1.82, 2.24) is 4.72 Å². The fourth-order valence-electron chi connectivity index (χ4n) is 2.45. The van der Waals surface area contributed by atoms with Gasteiger partial charge in [0.2, 0.25) is 10.0 Å². The number of halogens is 1. The summed E-state index contributed by atoms with van der Waals surface area (Å²) in [6.45, 7) is 6.26. The SMILES string of the molecule is CC(C)(C)C(CCBr)NS(=O)(=O)C1CCCCC1. The Labute approximate surface area is 120 Å². The molecule has 1 aliphatic carbocycles. The summed E-state index contributed by atoms with van der Waals surface area (Å²) in [5, 5.41) is 0.647. The largest absolute Gasteiger partial charge is 0.214 e. The normalized spacial score (nSPS) is 20.9. The van der Waals surface area contributed by atoms with Gasteiger partial charge in [0.05, 0.1) is 5.25 Å². The second-order valence-electron chi connectivity index (χ2n) is 6.32. The van der Waals surface area contributed by atoms with Crippen molar-refractivity contribution in [2.45, 2.75) is 70.6 Å². The quantitative estimate of drug-likeness (QED) is 0.780. The van der Waals surface area contributed by atoms with Crippen LogP contribution in [0, 0.1) is 5.41 Å². The van der Waals surface area contributed by atoms with Crippen LogP contribution in [0.3, 0.4) is 0 Å². The van der Waals surface area contributed by atoms with E-state index in [9.17, 15) is 8.42 Å². The minimum Gasteiger partial charge on any atom is -0.212 e. The Balaban J connectivity index is 2.72. The summed E-state index contributed by atoms with van der Waals surface area (Å²) in [6, 6.07) is 0.00352. The number of hydrogen-bond donors (Lipinski definition) is 1. The van der Waals surface area contributed by atoms with Gasteiger partial charge in [-0.2, -0.15) is 0 Å². The summed E-state index contributed by atoms with van der Waals surface area (Å²) in [5.74, 6) is 0. The van der Waals surface area contributed by atoms with Crippen LogP contribution in [0.2, 0.25) is 0 Å². The third-order valence-corrected chi connectivity index (χ3v) is 6.16. The van der Waals surface area contributed by atoms with Crippen LogP contribution in [-0.4, -0.2) is 25.0 Å². The lowest BCUT2D eigenvalue weighted by atomic mass is 9.86. The highest BCUT2D eigenvalue weighted by atomic mass is 79.9. The monoisotopic (exact) mass is 339 g/mol. The Morgan fingerprint density at radius 2 is 1.78 bits per heavy atom. The zero-order valence-corrected chi connectivity index (χ0v) is 14.1. The van der Waals surface area contributed by atoms with Gasteiger partial charge < -0.3 is 0 Å². The molecule has 0 bridgehead atoms. The zero-order chi connectivity index (χ0) is 13.8. The van der Waals surface area contributed by atoms with Gasteiger partial charge in [0.1, 0.15) is 0 Å². The van der Waals surface area contributed by atoms with Gasteiger partial charge in [-0.25, -0.2) is 13.1 Å². The third-order valence-electron chi connectivity index (χ3n) is 3.74. The molecule has 3 nitrogen and oxygen atoms in total. The fraction of sp³-hybridized carbons (Fsp3) is 1.00. The van der Waals surface area contributed by atoms with Crippen LogP contribution in [-0.2, 0) is 10.0 Å².